The van der Waals surface area contributed by atoms with Gasteiger partial charge in [-0.2, -0.15) is 11.8 Å². The zero-order chi connectivity index (χ0) is 15.1. The summed E-state index contributed by atoms with van der Waals surface area (Å²) in [6.45, 7) is 2.82. The van der Waals surface area contributed by atoms with Crippen LogP contribution in [-0.2, 0) is 6.42 Å². The van der Waals surface area contributed by atoms with Gasteiger partial charge in [0.05, 0.1) is 0 Å². The number of hydrogen-bond donors (Lipinski definition) is 3. The van der Waals surface area contributed by atoms with E-state index in [4.69, 9.17) is 5.84 Å². The van der Waals surface area contributed by atoms with Gasteiger partial charge in [0, 0.05) is 23.1 Å². The average Bonchev–Trinajstić information content (AvgIpc) is 2.53. The molecule has 21 heavy (non-hydrogen) atoms. The molecule has 116 valence electrons. The van der Waals surface area contributed by atoms with Crippen molar-refractivity contribution in [1.29, 1.82) is 0 Å². The molecule has 1 saturated heterocycles. The number of pyridine rings is 1. The highest BCUT2D eigenvalue weighted by atomic mass is 32.2. The van der Waals surface area contributed by atoms with Crippen LogP contribution in [0.3, 0.4) is 0 Å². The Hall–Kier alpha value is -1.27. The molecule has 0 bridgehead atoms. The summed E-state index contributed by atoms with van der Waals surface area (Å²) in [6, 6.07) is 3.55. The maximum Gasteiger partial charge on any atom is 0.251 e. The number of aromatic nitrogens is 1. The van der Waals surface area contributed by atoms with E-state index >= 15 is 0 Å². The number of carbonyl (C=O) groups is 1. The first kappa shape index (κ1) is 16.1. The summed E-state index contributed by atoms with van der Waals surface area (Å²) in [7, 11) is 0. The molecule has 0 aliphatic carbocycles. The molecule has 1 aliphatic heterocycles. The SMILES string of the molecule is CCCc1cc(C(=O)NCC2CCCCS2)cc(NN)n1. The van der Waals surface area contributed by atoms with Crippen LogP contribution in [0.1, 0.15) is 48.7 Å². The summed E-state index contributed by atoms with van der Waals surface area (Å²) in [5.74, 6) is 7.13. The van der Waals surface area contributed by atoms with Gasteiger partial charge in [-0.25, -0.2) is 10.8 Å². The molecule has 1 atom stereocenters. The lowest BCUT2D eigenvalue weighted by molar-refractivity contribution is 0.0953. The second-order valence-corrected chi connectivity index (χ2v) is 6.73. The van der Waals surface area contributed by atoms with Gasteiger partial charge >= 0.3 is 0 Å². The van der Waals surface area contributed by atoms with Crippen LogP contribution in [0.25, 0.3) is 0 Å². The number of hydrazine groups is 1. The highest BCUT2D eigenvalue weighted by Crippen LogP contribution is 2.24. The van der Waals surface area contributed by atoms with Gasteiger partial charge in [-0.15, -0.1) is 0 Å². The summed E-state index contributed by atoms with van der Waals surface area (Å²) < 4.78 is 0. The lowest BCUT2D eigenvalue weighted by atomic mass is 10.1. The van der Waals surface area contributed by atoms with E-state index in [1.165, 1.54) is 25.0 Å². The van der Waals surface area contributed by atoms with Gasteiger partial charge in [0.2, 0.25) is 0 Å². The van der Waals surface area contributed by atoms with Gasteiger partial charge in [0.1, 0.15) is 5.82 Å². The first-order valence-electron chi connectivity index (χ1n) is 7.60. The minimum absolute atomic E-state index is 0.0440. The number of hydrogen-bond acceptors (Lipinski definition) is 5. The van der Waals surface area contributed by atoms with Crippen molar-refractivity contribution in [1.82, 2.24) is 10.3 Å². The van der Waals surface area contributed by atoms with Crippen LogP contribution < -0.4 is 16.6 Å². The second kappa shape index (κ2) is 8.24. The van der Waals surface area contributed by atoms with Crippen LogP contribution in [0.15, 0.2) is 12.1 Å². The van der Waals surface area contributed by atoms with Crippen LogP contribution in [0.4, 0.5) is 5.82 Å². The number of rotatable bonds is 6. The van der Waals surface area contributed by atoms with Crippen molar-refractivity contribution >= 4 is 23.5 Å². The molecule has 0 saturated carbocycles. The molecule has 1 aromatic rings. The Kier molecular flexibility index (Phi) is 6.32. The van der Waals surface area contributed by atoms with E-state index in [-0.39, 0.29) is 5.91 Å². The van der Waals surface area contributed by atoms with E-state index in [0.29, 0.717) is 16.6 Å². The fourth-order valence-electron chi connectivity index (χ4n) is 2.45. The molecule has 2 heterocycles. The quantitative estimate of drug-likeness (QED) is 0.555. The number of aryl methyl sites for hydroxylation is 1. The number of thioether (sulfide) groups is 1. The zero-order valence-corrected chi connectivity index (χ0v) is 13.3. The number of nitrogens with two attached hydrogens (primary N) is 1. The van der Waals surface area contributed by atoms with Crippen molar-refractivity contribution < 1.29 is 4.79 Å². The van der Waals surface area contributed by atoms with E-state index in [1.807, 2.05) is 17.8 Å². The van der Waals surface area contributed by atoms with Crippen LogP contribution in [0.2, 0.25) is 0 Å². The molecule has 0 aromatic carbocycles. The van der Waals surface area contributed by atoms with E-state index in [9.17, 15) is 4.79 Å². The smallest absolute Gasteiger partial charge is 0.251 e. The minimum atomic E-state index is -0.0440. The average molecular weight is 308 g/mol. The third kappa shape index (κ3) is 4.89. The number of carbonyl (C=O) groups excluding carboxylic acids is 1. The van der Waals surface area contributed by atoms with Gasteiger partial charge < -0.3 is 10.7 Å². The molecule has 0 radical (unpaired) electrons. The number of nitrogens with one attached hydrogen (secondary N) is 2. The van der Waals surface area contributed by atoms with Gasteiger partial charge in [-0.1, -0.05) is 19.8 Å². The third-order valence-corrected chi connectivity index (χ3v) is 4.96. The van der Waals surface area contributed by atoms with E-state index < -0.39 is 0 Å². The Balaban J connectivity index is 1.98. The zero-order valence-electron chi connectivity index (χ0n) is 12.5. The summed E-state index contributed by atoms with van der Waals surface area (Å²) in [4.78, 5) is 16.6. The minimum Gasteiger partial charge on any atom is -0.351 e. The monoisotopic (exact) mass is 308 g/mol. The van der Waals surface area contributed by atoms with Gasteiger partial charge in [-0.3, -0.25) is 4.79 Å². The lowest BCUT2D eigenvalue weighted by Crippen LogP contribution is -2.32. The number of amides is 1. The Morgan fingerprint density at radius 2 is 2.33 bits per heavy atom. The van der Waals surface area contributed by atoms with Crippen molar-refractivity contribution in [3.05, 3.63) is 23.4 Å². The summed E-state index contributed by atoms with van der Waals surface area (Å²) in [6.07, 6.45) is 5.59. The fraction of sp³-hybridized carbons (Fsp3) is 0.600. The fourth-order valence-corrected chi connectivity index (χ4v) is 3.69. The van der Waals surface area contributed by atoms with E-state index in [0.717, 1.165) is 25.1 Å². The van der Waals surface area contributed by atoms with E-state index in [1.54, 1.807) is 6.07 Å². The Bertz CT molecular complexity index is 475. The third-order valence-electron chi connectivity index (χ3n) is 3.56. The molecule has 1 fully saturated rings. The van der Waals surface area contributed by atoms with Crippen molar-refractivity contribution in [2.75, 3.05) is 17.7 Å². The first-order valence-corrected chi connectivity index (χ1v) is 8.65. The van der Waals surface area contributed by atoms with Gasteiger partial charge in [0.25, 0.3) is 5.91 Å². The predicted octanol–water partition coefficient (Wildman–Crippen LogP) is 2.34. The predicted molar refractivity (Wildman–Crippen MR) is 88.5 cm³/mol. The summed E-state index contributed by atoms with van der Waals surface area (Å²) in [5, 5.41) is 3.58. The van der Waals surface area contributed by atoms with Crippen molar-refractivity contribution in [2.45, 2.75) is 44.3 Å². The second-order valence-electron chi connectivity index (χ2n) is 5.33. The molecule has 4 N–H and O–H groups in total. The maximum absolute atomic E-state index is 12.3. The molecule has 2 rings (SSSR count). The molecular weight excluding hydrogens is 284 g/mol. The standard InChI is InChI=1S/C15H24N4OS/c1-2-5-12-8-11(9-14(18-12)19-16)15(20)17-10-13-6-3-4-7-21-13/h8-9,13H,2-7,10,16H2,1H3,(H,17,20)(H,18,19). The summed E-state index contributed by atoms with van der Waals surface area (Å²) >= 11 is 1.96. The first-order chi connectivity index (χ1) is 10.2. The molecular formula is C15H24N4OS. The number of nitrogens with zero attached hydrogens (tertiary/aromatic N) is 1. The van der Waals surface area contributed by atoms with Crippen LogP contribution in [0, 0.1) is 0 Å². The Morgan fingerprint density at radius 3 is 3.00 bits per heavy atom. The largest absolute Gasteiger partial charge is 0.351 e. The topological polar surface area (TPSA) is 80.0 Å². The highest BCUT2D eigenvalue weighted by molar-refractivity contribution is 7.99. The van der Waals surface area contributed by atoms with Crippen LogP contribution >= 0.6 is 11.8 Å². The lowest BCUT2D eigenvalue weighted by Gasteiger charge is -2.21. The van der Waals surface area contributed by atoms with Gasteiger partial charge in [-0.05, 0) is 37.1 Å². The number of nitrogen functional groups attached to an aromatic ring is 1. The molecule has 1 aromatic heterocycles. The van der Waals surface area contributed by atoms with Crippen molar-refractivity contribution in [3.63, 3.8) is 0 Å². The van der Waals surface area contributed by atoms with Crippen LogP contribution in [-0.4, -0.2) is 28.4 Å². The Morgan fingerprint density at radius 1 is 1.48 bits per heavy atom. The molecule has 1 aliphatic rings. The number of anilines is 1. The normalized spacial score (nSPS) is 18.3. The van der Waals surface area contributed by atoms with Crippen molar-refractivity contribution in [2.24, 2.45) is 5.84 Å². The molecule has 1 unspecified atom stereocenters. The molecule has 6 heteroatoms. The van der Waals surface area contributed by atoms with Crippen molar-refractivity contribution in [3.8, 4) is 0 Å². The summed E-state index contributed by atoms with van der Waals surface area (Å²) in [5.41, 5.74) is 4.05. The highest BCUT2D eigenvalue weighted by Gasteiger charge is 2.16. The van der Waals surface area contributed by atoms with Gasteiger partial charge in [0.15, 0.2) is 0 Å². The molecule has 5 nitrogen and oxygen atoms in total. The molecule has 0 spiro atoms. The Labute approximate surface area is 130 Å². The van der Waals surface area contributed by atoms with E-state index in [2.05, 4.69) is 22.7 Å². The molecule has 1 amide bonds. The maximum atomic E-state index is 12.3. The van der Waals surface area contributed by atoms with Crippen LogP contribution in [0.5, 0.6) is 0 Å².